The lowest BCUT2D eigenvalue weighted by Gasteiger charge is -2.13. The summed E-state index contributed by atoms with van der Waals surface area (Å²) in [6, 6.07) is 2.02. The van der Waals surface area contributed by atoms with Crippen molar-refractivity contribution in [1.82, 2.24) is 19.7 Å². The maximum atomic E-state index is 4.48. The van der Waals surface area contributed by atoms with E-state index in [1.807, 2.05) is 24.0 Å². The van der Waals surface area contributed by atoms with Crippen molar-refractivity contribution in [3.8, 4) is 11.4 Å². The zero-order valence-corrected chi connectivity index (χ0v) is 11.8. The number of nitrogens with zero attached hydrogens (tertiary/aromatic N) is 4. The number of hydrogen-bond donors (Lipinski definition) is 1. The van der Waals surface area contributed by atoms with Gasteiger partial charge in [0.1, 0.15) is 12.1 Å². The second kappa shape index (κ2) is 6.31. The van der Waals surface area contributed by atoms with E-state index < -0.39 is 0 Å². The van der Waals surface area contributed by atoms with Crippen molar-refractivity contribution in [2.24, 2.45) is 0 Å². The molecule has 5 nitrogen and oxygen atoms in total. The SMILES string of the molecule is CCCc1c(NC)ncnc1-c1ccnn1CCC. The summed E-state index contributed by atoms with van der Waals surface area (Å²) < 4.78 is 2.01. The van der Waals surface area contributed by atoms with E-state index in [2.05, 4.69) is 34.2 Å². The molecule has 19 heavy (non-hydrogen) atoms. The van der Waals surface area contributed by atoms with Gasteiger partial charge in [-0.15, -0.1) is 0 Å². The quantitative estimate of drug-likeness (QED) is 0.866. The fraction of sp³-hybridized carbons (Fsp3) is 0.500. The van der Waals surface area contributed by atoms with Gasteiger partial charge in [0.05, 0.1) is 11.4 Å². The third kappa shape index (κ3) is 2.75. The lowest BCUT2D eigenvalue weighted by molar-refractivity contribution is 0.607. The Balaban J connectivity index is 2.51. The van der Waals surface area contributed by atoms with E-state index in [1.165, 1.54) is 5.56 Å². The van der Waals surface area contributed by atoms with Crippen molar-refractivity contribution in [3.05, 3.63) is 24.2 Å². The Morgan fingerprint density at radius 1 is 1.21 bits per heavy atom. The first-order chi connectivity index (χ1) is 9.31. The molecular formula is C14H21N5. The molecule has 0 aromatic carbocycles. The summed E-state index contributed by atoms with van der Waals surface area (Å²) in [6.45, 7) is 5.23. The van der Waals surface area contributed by atoms with Crippen LogP contribution >= 0.6 is 0 Å². The van der Waals surface area contributed by atoms with Crippen LogP contribution < -0.4 is 5.32 Å². The summed E-state index contributed by atoms with van der Waals surface area (Å²) in [7, 11) is 1.90. The number of aryl methyl sites for hydroxylation is 1. The van der Waals surface area contributed by atoms with Crippen LogP contribution in [0, 0.1) is 0 Å². The van der Waals surface area contributed by atoms with E-state index in [4.69, 9.17) is 0 Å². The number of rotatable bonds is 6. The summed E-state index contributed by atoms with van der Waals surface area (Å²) in [5, 5.41) is 7.53. The van der Waals surface area contributed by atoms with Crippen molar-refractivity contribution in [1.29, 1.82) is 0 Å². The molecule has 0 radical (unpaired) electrons. The minimum atomic E-state index is 0.910. The van der Waals surface area contributed by atoms with Crippen LogP contribution in [-0.2, 0) is 13.0 Å². The molecule has 0 saturated heterocycles. The maximum Gasteiger partial charge on any atom is 0.132 e. The van der Waals surface area contributed by atoms with E-state index in [1.54, 1.807) is 6.33 Å². The summed E-state index contributed by atoms with van der Waals surface area (Å²) in [5.41, 5.74) is 3.24. The standard InChI is InChI=1S/C14H21N5/c1-4-6-11-13(16-10-17-14(11)15-3)12-7-8-18-19(12)9-5-2/h7-8,10H,4-6,9H2,1-3H3,(H,15,16,17). The third-order valence-corrected chi connectivity index (χ3v) is 3.08. The van der Waals surface area contributed by atoms with Gasteiger partial charge in [-0.2, -0.15) is 5.10 Å². The topological polar surface area (TPSA) is 55.6 Å². The molecule has 0 unspecified atom stereocenters. The number of anilines is 1. The molecule has 0 aliphatic heterocycles. The van der Waals surface area contributed by atoms with Gasteiger partial charge in [0, 0.05) is 25.4 Å². The molecule has 1 N–H and O–H groups in total. The Morgan fingerprint density at radius 3 is 2.74 bits per heavy atom. The van der Waals surface area contributed by atoms with Crippen molar-refractivity contribution in [2.75, 3.05) is 12.4 Å². The van der Waals surface area contributed by atoms with Gasteiger partial charge in [-0.05, 0) is 18.9 Å². The molecule has 2 aromatic rings. The van der Waals surface area contributed by atoms with E-state index >= 15 is 0 Å². The molecule has 102 valence electrons. The monoisotopic (exact) mass is 259 g/mol. The zero-order valence-electron chi connectivity index (χ0n) is 11.8. The van der Waals surface area contributed by atoms with Crippen molar-refractivity contribution in [3.63, 3.8) is 0 Å². The predicted octanol–water partition coefficient (Wildman–Crippen LogP) is 2.74. The highest BCUT2D eigenvalue weighted by molar-refractivity contribution is 5.65. The summed E-state index contributed by atoms with van der Waals surface area (Å²) in [6.07, 6.45) is 6.54. The molecular weight excluding hydrogens is 238 g/mol. The van der Waals surface area contributed by atoms with Gasteiger partial charge < -0.3 is 5.32 Å². The molecule has 5 heteroatoms. The van der Waals surface area contributed by atoms with Crippen molar-refractivity contribution in [2.45, 2.75) is 39.7 Å². The van der Waals surface area contributed by atoms with Crippen LogP contribution in [0.15, 0.2) is 18.6 Å². The molecule has 0 amide bonds. The van der Waals surface area contributed by atoms with Gasteiger partial charge >= 0.3 is 0 Å². The second-order valence-electron chi connectivity index (χ2n) is 4.49. The van der Waals surface area contributed by atoms with Gasteiger partial charge in [0.2, 0.25) is 0 Å². The molecule has 0 saturated carbocycles. The summed E-state index contributed by atoms with van der Waals surface area (Å²) in [5.74, 6) is 0.913. The molecule has 0 fully saturated rings. The third-order valence-electron chi connectivity index (χ3n) is 3.08. The number of aromatic nitrogens is 4. The van der Waals surface area contributed by atoms with E-state index in [0.29, 0.717) is 0 Å². The molecule has 0 atom stereocenters. The lowest BCUT2D eigenvalue weighted by atomic mass is 10.1. The minimum absolute atomic E-state index is 0.910. The Morgan fingerprint density at radius 2 is 2.05 bits per heavy atom. The lowest BCUT2D eigenvalue weighted by Crippen LogP contribution is -2.07. The van der Waals surface area contributed by atoms with Gasteiger partial charge in [-0.1, -0.05) is 20.3 Å². The highest BCUT2D eigenvalue weighted by Crippen LogP contribution is 2.26. The smallest absolute Gasteiger partial charge is 0.132 e. The maximum absolute atomic E-state index is 4.48. The van der Waals surface area contributed by atoms with Crippen LogP contribution in [0.4, 0.5) is 5.82 Å². The first-order valence-corrected chi connectivity index (χ1v) is 6.85. The molecule has 2 aromatic heterocycles. The highest BCUT2D eigenvalue weighted by Gasteiger charge is 2.14. The van der Waals surface area contributed by atoms with Crippen LogP contribution in [-0.4, -0.2) is 26.8 Å². The molecule has 0 aliphatic carbocycles. The van der Waals surface area contributed by atoms with Gasteiger partial charge in [-0.3, -0.25) is 4.68 Å². The highest BCUT2D eigenvalue weighted by atomic mass is 15.3. The fourth-order valence-electron chi connectivity index (χ4n) is 2.26. The largest absolute Gasteiger partial charge is 0.373 e. The number of nitrogens with one attached hydrogen (secondary N) is 1. The fourth-order valence-corrected chi connectivity index (χ4v) is 2.26. The zero-order chi connectivity index (χ0) is 13.7. The van der Waals surface area contributed by atoms with Gasteiger partial charge in [-0.25, -0.2) is 9.97 Å². The van der Waals surface area contributed by atoms with E-state index in [-0.39, 0.29) is 0 Å². The Bertz CT molecular complexity index is 532. The second-order valence-corrected chi connectivity index (χ2v) is 4.49. The Kier molecular flexibility index (Phi) is 4.49. The Labute approximate surface area is 114 Å². The normalized spacial score (nSPS) is 10.7. The molecule has 2 rings (SSSR count). The summed E-state index contributed by atoms with van der Waals surface area (Å²) >= 11 is 0. The average Bonchev–Trinajstić information content (AvgIpc) is 2.88. The van der Waals surface area contributed by atoms with E-state index in [9.17, 15) is 0 Å². The van der Waals surface area contributed by atoms with Crippen LogP contribution in [0.2, 0.25) is 0 Å². The first-order valence-electron chi connectivity index (χ1n) is 6.85. The Hall–Kier alpha value is -1.91. The van der Waals surface area contributed by atoms with Crippen LogP contribution in [0.25, 0.3) is 11.4 Å². The van der Waals surface area contributed by atoms with Crippen LogP contribution in [0.5, 0.6) is 0 Å². The predicted molar refractivity (Wildman–Crippen MR) is 77.1 cm³/mol. The van der Waals surface area contributed by atoms with Crippen molar-refractivity contribution >= 4 is 5.82 Å². The first kappa shape index (κ1) is 13.5. The average molecular weight is 259 g/mol. The van der Waals surface area contributed by atoms with E-state index in [0.717, 1.165) is 43.0 Å². The van der Waals surface area contributed by atoms with Crippen LogP contribution in [0.3, 0.4) is 0 Å². The molecule has 0 aliphatic rings. The number of hydrogen-bond acceptors (Lipinski definition) is 4. The molecule has 0 spiro atoms. The minimum Gasteiger partial charge on any atom is -0.373 e. The summed E-state index contributed by atoms with van der Waals surface area (Å²) in [4.78, 5) is 8.79. The van der Waals surface area contributed by atoms with Gasteiger partial charge in [0.15, 0.2) is 0 Å². The molecule has 0 bridgehead atoms. The van der Waals surface area contributed by atoms with Crippen molar-refractivity contribution < 1.29 is 0 Å². The van der Waals surface area contributed by atoms with Crippen LogP contribution in [0.1, 0.15) is 32.3 Å². The van der Waals surface area contributed by atoms with Gasteiger partial charge in [0.25, 0.3) is 0 Å². The molecule has 2 heterocycles.